The maximum absolute atomic E-state index is 13.4. The van der Waals surface area contributed by atoms with Gasteiger partial charge in [-0.05, 0) is 68.3 Å². The summed E-state index contributed by atoms with van der Waals surface area (Å²) in [6.45, 7) is 5.20. The summed E-state index contributed by atoms with van der Waals surface area (Å²) in [4.78, 5) is 46.4. The molecule has 2 N–H and O–H groups in total. The lowest BCUT2D eigenvalue weighted by Crippen LogP contribution is -2.27. The molecule has 0 bridgehead atoms. The molecule has 2 aromatic carbocycles. The SMILES string of the molecule is CC(C)(C)OC(=O)Nc1ccc(-c2ccc(F)cc2)cc1NC(=O)CC(=O)c1ccnc(-n2ccnc2)c1. The normalized spacial score (nSPS) is 11.1. The van der Waals surface area contributed by atoms with Crippen molar-refractivity contribution in [2.45, 2.75) is 32.8 Å². The monoisotopic (exact) mass is 515 g/mol. The zero-order valence-corrected chi connectivity index (χ0v) is 21.1. The van der Waals surface area contributed by atoms with Gasteiger partial charge in [-0.2, -0.15) is 0 Å². The van der Waals surface area contributed by atoms with Crippen LogP contribution in [-0.2, 0) is 9.53 Å². The van der Waals surface area contributed by atoms with Gasteiger partial charge in [0.05, 0.1) is 17.8 Å². The van der Waals surface area contributed by atoms with Crippen LogP contribution in [0.25, 0.3) is 16.9 Å². The van der Waals surface area contributed by atoms with Crippen LogP contribution in [0.1, 0.15) is 37.6 Å². The zero-order chi connectivity index (χ0) is 27.3. The minimum absolute atomic E-state index is 0.254. The van der Waals surface area contributed by atoms with Crippen LogP contribution in [0.3, 0.4) is 0 Å². The van der Waals surface area contributed by atoms with Crippen LogP contribution < -0.4 is 10.6 Å². The predicted molar refractivity (Wildman–Crippen MR) is 141 cm³/mol. The Morgan fingerprint density at radius 2 is 1.66 bits per heavy atom. The van der Waals surface area contributed by atoms with E-state index in [1.165, 1.54) is 24.4 Å². The molecule has 4 aromatic rings. The highest BCUT2D eigenvalue weighted by Crippen LogP contribution is 2.30. The number of nitrogens with zero attached hydrogens (tertiary/aromatic N) is 3. The van der Waals surface area contributed by atoms with Gasteiger partial charge in [-0.3, -0.25) is 19.5 Å². The molecule has 4 rings (SSSR count). The van der Waals surface area contributed by atoms with E-state index in [2.05, 4.69) is 20.6 Å². The van der Waals surface area contributed by atoms with Crippen molar-refractivity contribution in [3.05, 3.63) is 90.9 Å². The third-order valence-corrected chi connectivity index (χ3v) is 5.26. The molecule has 0 fully saturated rings. The Bertz CT molecular complexity index is 1460. The van der Waals surface area contributed by atoms with Crippen LogP contribution in [0.2, 0.25) is 0 Å². The van der Waals surface area contributed by atoms with E-state index in [9.17, 15) is 18.8 Å². The number of nitrogens with one attached hydrogen (secondary N) is 2. The second kappa shape index (κ2) is 11.0. The second-order valence-corrected chi connectivity index (χ2v) is 9.41. The summed E-state index contributed by atoms with van der Waals surface area (Å²) >= 11 is 0. The zero-order valence-electron chi connectivity index (χ0n) is 21.1. The number of Topliss-reactive ketones (excluding diaryl/α,β-unsaturated/α-hetero) is 1. The molecular weight excluding hydrogens is 489 g/mol. The Balaban J connectivity index is 1.55. The number of ketones is 1. The molecule has 38 heavy (non-hydrogen) atoms. The second-order valence-electron chi connectivity index (χ2n) is 9.41. The molecular formula is C28H26FN5O4. The Kier molecular flexibility index (Phi) is 7.61. The number of amides is 2. The van der Waals surface area contributed by atoms with E-state index < -0.39 is 29.8 Å². The first kappa shape index (κ1) is 26.2. The van der Waals surface area contributed by atoms with Crippen molar-refractivity contribution < 1.29 is 23.5 Å². The number of benzene rings is 2. The van der Waals surface area contributed by atoms with Gasteiger partial charge in [0.25, 0.3) is 0 Å². The van der Waals surface area contributed by atoms with Gasteiger partial charge in [-0.15, -0.1) is 0 Å². The quantitative estimate of drug-likeness (QED) is 0.243. The van der Waals surface area contributed by atoms with E-state index in [1.807, 2.05) is 0 Å². The van der Waals surface area contributed by atoms with Crippen molar-refractivity contribution in [3.63, 3.8) is 0 Å². The third-order valence-electron chi connectivity index (χ3n) is 5.26. The fraction of sp³-hybridized carbons (Fsp3) is 0.179. The van der Waals surface area contributed by atoms with Crippen LogP contribution in [0.5, 0.6) is 0 Å². The fourth-order valence-corrected chi connectivity index (χ4v) is 3.56. The van der Waals surface area contributed by atoms with E-state index in [-0.39, 0.29) is 17.2 Å². The standard InChI is InChI=1S/C28H26FN5O4/c1-28(2,3)38-27(37)33-22-9-6-19(18-4-7-21(29)8-5-18)14-23(22)32-26(36)16-24(35)20-10-11-31-25(15-20)34-13-12-30-17-34/h4-15,17H,16H2,1-3H3,(H,32,36)(H,33,37). The molecule has 0 radical (unpaired) electrons. The summed E-state index contributed by atoms with van der Waals surface area (Å²) < 4.78 is 20.4. The number of carbonyl (C=O) groups excluding carboxylic acids is 3. The molecule has 10 heteroatoms. The van der Waals surface area contributed by atoms with Crippen molar-refractivity contribution in [3.8, 4) is 16.9 Å². The summed E-state index contributed by atoms with van der Waals surface area (Å²) in [7, 11) is 0. The molecule has 0 saturated heterocycles. The van der Waals surface area contributed by atoms with Crippen molar-refractivity contribution in [2.75, 3.05) is 10.6 Å². The Hall–Kier alpha value is -4.86. The maximum atomic E-state index is 13.4. The number of pyridine rings is 1. The number of imidazole rings is 1. The van der Waals surface area contributed by atoms with E-state index >= 15 is 0 Å². The van der Waals surface area contributed by atoms with Crippen LogP contribution in [0.15, 0.2) is 79.5 Å². The highest BCUT2D eigenvalue weighted by Gasteiger charge is 2.19. The minimum atomic E-state index is -0.728. The highest BCUT2D eigenvalue weighted by atomic mass is 19.1. The maximum Gasteiger partial charge on any atom is 0.412 e. The van der Waals surface area contributed by atoms with Crippen molar-refractivity contribution in [1.82, 2.24) is 14.5 Å². The minimum Gasteiger partial charge on any atom is -0.444 e. The number of anilines is 2. The summed E-state index contributed by atoms with van der Waals surface area (Å²) in [5.41, 5.74) is 1.48. The van der Waals surface area contributed by atoms with Gasteiger partial charge >= 0.3 is 6.09 Å². The summed E-state index contributed by atoms with van der Waals surface area (Å²) in [6, 6.07) is 13.9. The summed E-state index contributed by atoms with van der Waals surface area (Å²) in [5.74, 6) is -0.886. The van der Waals surface area contributed by atoms with Gasteiger partial charge in [-0.25, -0.2) is 19.2 Å². The van der Waals surface area contributed by atoms with E-state index in [0.717, 1.165) is 0 Å². The summed E-state index contributed by atoms with van der Waals surface area (Å²) in [6.07, 6.45) is 5.16. The van der Waals surface area contributed by atoms with E-state index in [0.29, 0.717) is 22.5 Å². The summed E-state index contributed by atoms with van der Waals surface area (Å²) in [5, 5.41) is 5.34. The van der Waals surface area contributed by atoms with E-state index in [4.69, 9.17) is 4.74 Å². The number of carbonyl (C=O) groups is 3. The molecule has 2 amide bonds. The first-order valence-corrected chi connectivity index (χ1v) is 11.7. The van der Waals surface area contributed by atoms with Gasteiger partial charge in [0.15, 0.2) is 5.78 Å². The largest absolute Gasteiger partial charge is 0.444 e. The van der Waals surface area contributed by atoms with Gasteiger partial charge in [0.1, 0.15) is 23.6 Å². The first-order chi connectivity index (χ1) is 18.1. The lowest BCUT2D eigenvalue weighted by atomic mass is 10.0. The number of rotatable bonds is 7. The highest BCUT2D eigenvalue weighted by molar-refractivity contribution is 6.12. The molecule has 0 unspecified atom stereocenters. The van der Waals surface area contributed by atoms with Crippen LogP contribution >= 0.6 is 0 Å². The molecule has 0 atom stereocenters. The Morgan fingerprint density at radius 1 is 0.921 bits per heavy atom. The average Bonchev–Trinajstić information content (AvgIpc) is 3.40. The number of hydrogen-bond donors (Lipinski definition) is 2. The van der Waals surface area contributed by atoms with Crippen LogP contribution in [0.4, 0.5) is 20.6 Å². The van der Waals surface area contributed by atoms with Crippen LogP contribution in [0, 0.1) is 5.82 Å². The molecule has 2 heterocycles. The number of aromatic nitrogens is 3. The first-order valence-electron chi connectivity index (χ1n) is 11.7. The molecule has 2 aromatic heterocycles. The molecule has 9 nitrogen and oxygen atoms in total. The van der Waals surface area contributed by atoms with Crippen LogP contribution in [-0.4, -0.2) is 37.9 Å². The molecule has 0 aliphatic carbocycles. The van der Waals surface area contributed by atoms with Gasteiger partial charge in [0, 0.05) is 24.2 Å². The number of halogens is 1. The fourth-order valence-electron chi connectivity index (χ4n) is 3.56. The van der Waals surface area contributed by atoms with Crippen molar-refractivity contribution >= 4 is 29.2 Å². The van der Waals surface area contributed by atoms with Gasteiger partial charge in [-0.1, -0.05) is 18.2 Å². The van der Waals surface area contributed by atoms with Gasteiger partial charge in [0.2, 0.25) is 5.91 Å². The molecule has 0 aliphatic heterocycles. The lowest BCUT2D eigenvalue weighted by molar-refractivity contribution is -0.115. The number of ether oxygens (including phenoxy) is 1. The molecule has 194 valence electrons. The molecule has 0 saturated carbocycles. The van der Waals surface area contributed by atoms with E-state index in [1.54, 1.807) is 80.5 Å². The topological polar surface area (TPSA) is 115 Å². The average molecular weight is 516 g/mol. The van der Waals surface area contributed by atoms with Crippen molar-refractivity contribution in [2.24, 2.45) is 0 Å². The Labute approximate surface area is 218 Å². The lowest BCUT2D eigenvalue weighted by Gasteiger charge is -2.21. The Morgan fingerprint density at radius 3 is 2.34 bits per heavy atom. The third kappa shape index (κ3) is 6.88. The van der Waals surface area contributed by atoms with Crippen molar-refractivity contribution in [1.29, 1.82) is 0 Å². The van der Waals surface area contributed by atoms with Gasteiger partial charge < -0.3 is 10.1 Å². The molecule has 0 aliphatic rings. The molecule has 0 spiro atoms. The smallest absolute Gasteiger partial charge is 0.412 e. The number of hydrogen-bond acceptors (Lipinski definition) is 6. The predicted octanol–water partition coefficient (Wildman–Crippen LogP) is 5.63.